The summed E-state index contributed by atoms with van der Waals surface area (Å²) in [4.78, 5) is 12.9. The zero-order valence-corrected chi connectivity index (χ0v) is 15.5. The number of hydrogen-bond acceptors (Lipinski definition) is 5. The minimum Gasteiger partial charge on any atom is -0.376 e. The quantitative estimate of drug-likeness (QED) is 0.859. The number of nitrogens with one attached hydrogen (secondary N) is 1. The Labute approximate surface area is 147 Å². The first-order valence-corrected chi connectivity index (χ1v) is 10.8. The lowest BCUT2D eigenvalue weighted by Gasteiger charge is -2.29. The van der Waals surface area contributed by atoms with E-state index in [1.807, 2.05) is 0 Å². The summed E-state index contributed by atoms with van der Waals surface area (Å²) in [5, 5.41) is 4.39. The molecule has 0 aliphatic carbocycles. The highest BCUT2D eigenvalue weighted by molar-refractivity contribution is 7.89. The molecular weight excluding hydrogens is 348 g/mol. The van der Waals surface area contributed by atoms with Gasteiger partial charge >= 0.3 is 0 Å². The maximum absolute atomic E-state index is 12.7. The van der Waals surface area contributed by atoms with Gasteiger partial charge in [0.2, 0.25) is 10.0 Å². The van der Waals surface area contributed by atoms with Crippen molar-refractivity contribution >= 4 is 27.3 Å². The molecular formula is C16H24N2O4S2. The fraction of sp³-hybridized carbons (Fsp3) is 0.688. The van der Waals surface area contributed by atoms with Gasteiger partial charge in [-0.15, -0.1) is 11.3 Å². The molecule has 1 aromatic rings. The van der Waals surface area contributed by atoms with Crippen LogP contribution in [-0.4, -0.2) is 51.0 Å². The van der Waals surface area contributed by atoms with Crippen molar-refractivity contribution in [3.63, 3.8) is 0 Å². The van der Waals surface area contributed by atoms with Crippen molar-refractivity contribution in [1.29, 1.82) is 0 Å². The molecule has 1 aromatic heterocycles. The lowest BCUT2D eigenvalue weighted by atomic mass is 10.0. The van der Waals surface area contributed by atoms with Gasteiger partial charge in [0, 0.05) is 31.6 Å². The minimum absolute atomic E-state index is 0.0763. The van der Waals surface area contributed by atoms with Crippen LogP contribution in [-0.2, 0) is 14.8 Å². The van der Waals surface area contributed by atoms with E-state index >= 15 is 0 Å². The Hall–Kier alpha value is -0.960. The first kappa shape index (κ1) is 17.8. The van der Waals surface area contributed by atoms with E-state index in [0.29, 0.717) is 30.4 Å². The third kappa shape index (κ3) is 3.99. The SMILES string of the molecule is CC1CCN(S(=O)(=O)c2csc(C(=O)NC[C@@H]3CCCO3)c2)CC1. The molecule has 0 radical (unpaired) electrons. The number of piperidine rings is 1. The highest BCUT2D eigenvalue weighted by atomic mass is 32.2. The van der Waals surface area contributed by atoms with Crippen molar-refractivity contribution < 1.29 is 17.9 Å². The van der Waals surface area contributed by atoms with Gasteiger partial charge in [-0.1, -0.05) is 6.92 Å². The number of carbonyl (C=O) groups is 1. The van der Waals surface area contributed by atoms with Crippen molar-refractivity contribution in [2.75, 3.05) is 26.2 Å². The predicted molar refractivity (Wildman–Crippen MR) is 92.8 cm³/mol. The van der Waals surface area contributed by atoms with Crippen molar-refractivity contribution in [1.82, 2.24) is 9.62 Å². The van der Waals surface area contributed by atoms with Crippen LogP contribution in [0.3, 0.4) is 0 Å². The molecule has 0 unspecified atom stereocenters. The van der Waals surface area contributed by atoms with E-state index in [1.54, 1.807) is 5.38 Å². The minimum atomic E-state index is -3.49. The third-order valence-corrected chi connectivity index (χ3v) is 7.65. The molecule has 0 saturated carbocycles. The standard InChI is InChI=1S/C16H24N2O4S2/c1-12-4-6-18(7-5-12)24(20,21)14-9-15(23-11-14)16(19)17-10-13-3-2-8-22-13/h9,11-13H,2-8,10H2,1H3,(H,17,19)/t13-/m0/s1. The van der Waals surface area contributed by atoms with Crippen LogP contribution in [0.2, 0.25) is 0 Å². The van der Waals surface area contributed by atoms with E-state index in [2.05, 4.69) is 12.2 Å². The van der Waals surface area contributed by atoms with E-state index in [0.717, 1.165) is 32.3 Å². The topological polar surface area (TPSA) is 75.7 Å². The lowest BCUT2D eigenvalue weighted by molar-refractivity contribution is 0.0861. The van der Waals surface area contributed by atoms with E-state index in [-0.39, 0.29) is 16.9 Å². The number of hydrogen-bond donors (Lipinski definition) is 1. The molecule has 3 rings (SSSR count). The highest BCUT2D eigenvalue weighted by Gasteiger charge is 2.29. The van der Waals surface area contributed by atoms with Crippen LogP contribution in [0.1, 0.15) is 42.3 Å². The number of ether oxygens (including phenoxy) is 1. The molecule has 134 valence electrons. The molecule has 1 atom stereocenters. The average molecular weight is 373 g/mol. The molecule has 2 saturated heterocycles. The molecule has 2 aliphatic heterocycles. The second-order valence-corrected chi connectivity index (χ2v) is 9.43. The summed E-state index contributed by atoms with van der Waals surface area (Å²) in [5.41, 5.74) is 0. The zero-order chi connectivity index (χ0) is 17.2. The van der Waals surface area contributed by atoms with Crippen LogP contribution in [0, 0.1) is 5.92 Å². The number of sulfonamides is 1. The number of carbonyl (C=O) groups excluding carboxylic acids is 1. The van der Waals surface area contributed by atoms with Crippen LogP contribution in [0.5, 0.6) is 0 Å². The zero-order valence-electron chi connectivity index (χ0n) is 13.9. The Morgan fingerprint density at radius 2 is 2.12 bits per heavy atom. The Balaban J connectivity index is 1.62. The monoisotopic (exact) mass is 372 g/mol. The first-order chi connectivity index (χ1) is 11.5. The fourth-order valence-corrected chi connectivity index (χ4v) is 5.69. The van der Waals surface area contributed by atoms with E-state index in [4.69, 9.17) is 4.74 Å². The van der Waals surface area contributed by atoms with E-state index in [1.165, 1.54) is 21.7 Å². The predicted octanol–water partition coefficient (Wildman–Crippen LogP) is 2.08. The van der Waals surface area contributed by atoms with Crippen LogP contribution in [0.4, 0.5) is 0 Å². The summed E-state index contributed by atoms with van der Waals surface area (Å²) in [5.74, 6) is 0.335. The van der Waals surface area contributed by atoms with E-state index in [9.17, 15) is 13.2 Å². The van der Waals surface area contributed by atoms with Crippen LogP contribution in [0.25, 0.3) is 0 Å². The Bertz CT molecular complexity index is 672. The normalized spacial score (nSPS) is 23.5. The maximum Gasteiger partial charge on any atom is 0.261 e. The smallest absolute Gasteiger partial charge is 0.261 e. The molecule has 8 heteroatoms. The van der Waals surface area contributed by atoms with Gasteiger partial charge in [0.25, 0.3) is 5.91 Å². The van der Waals surface area contributed by atoms with Gasteiger partial charge in [-0.3, -0.25) is 4.79 Å². The fourth-order valence-electron chi connectivity index (χ4n) is 3.05. The molecule has 2 aliphatic rings. The second kappa shape index (κ2) is 7.51. The molecule has 24 heavy (non-hydrogen) atoms. The molecule has 2 fully saturated rings. The Morgan fingerprint density at radius 1 is 1.38 bits per heavy atom. The maximum atomic E-state index is 12.7. The molecule has 0 bridgehead atoms. The van der Waals surface area contributed by atoms with Gasteiger partial charge in [-0.25, -0.2) is 8.42 Å². The molecule has 3 heterocycles. The van der Waals surface area contributed by atoms with Crippen LogP contribution < -0.4 is 5.32 Å². The van der Waals surface area contributed by atoms with Gasteiger partial charge in [0.15, 0.2) is 0 Å². The highest BCUT2D eigenvalue weighted by Crippen LogP contribution is 2.26. The number of thiophene rings is 1. The van der Waals surface area contributed by atoms with Crippen molar-refractivity contribution in [2.24, 2.45) is 5.92 Å². The van der Waals surface area contributed by atoms with Crippen molar-refractivity contribution in [3.05, 3.63) is 16.3 Å². The van der Waals surface area contributed by atoms with Crippen molar-refractivity contribution in [2.45, 2.75) is 43.6 Å². The lowest BCUT2D eigenvalue weighted by Crippen LogP contribution is -2.37. The van der Waals surface area contributed by atoms with Gasteiger partial charge in [-0.05, 0) is 37.7 Å². The van der Waals surface area contributed by atoms with Crippen LogP contribution >= 0.6 is 11.3 Å². The second-order valence-electron chi connectivity index (χ2n) is 6.58. The molecule has 0 spiro atoms. The Morgan fingerprint density at radius 3 is 2.79 bits per heavy atom. The van der Waals surface area contributed by atoms with Gasteiger partial charge in [0.05, 0.1) is 15.9 Å². The summed E-state index contributed by atoms with van der Waals surface area (Å²) in [7, 11) is -3.49. The summed E-state index contributed by atoms with van der Waals surface area (Å²) in [6.45, 7) is 4.48. The first-order valence-electron chi connectivity index (χ1n) is 8.45. The largest absolute Gasteiger partial charge is 0.376 e. The number of nitrogens with zero attached hydrogens (tertiary/aromatic N) is 1. The van der Waals surface area contributed by atoms with Crippen LogP contribution in [0.15, 0.2) is 16.3 Å². The Kier molecular flexibility index (Phi) is 5.59. The van der Waals surface area contributed by atoms with Gasteiger partial charge in [-0.2, -0.15) is 4.31 Å². The summed E-state index contributed by atoms with van der Waals surface area (Å²) in [6, 6.07) is 1.49. The van der Waals surface area contributed by atoms with Gasteiger partial charge < -0.3 is 10.1 Å². The number of rotatable bonds is 5. The number of amides is 1. The molecule has 1 N–H and O–H groups in total. The summed E-state index contributed by atoms with van der Waals surface area (Å²) >= 11 is 1.17. The molecule has 1 amide bonds. The van der Waals surface area contributed by atoms with Gasteiger partial charge in [0.1, 0.15) is 0 Å². The van der Waals surface area contributed by atoms with E-state index < -0.39 is 10.0 Å². The molecule has 6 nitrogen and oxygen atoms in total. The average Bonchev–Trinajstić information content (AvgIpc) is 3.25. The molecule has 0 aromatic carbocycles. The summed E-state index contributed by atoms with van der Waals surface area (Å²) < 4.78 is 32.4. The van der Waals surface area contributed by atoms with Crippen molar-refractivity contribution in [3.8, 4) is 0 Å². The third-order valence-electron chi connectivity index (χ3n) is 4.69. The summed E-state index contributed by atoms with van der Waals surface area (Å²) in [6.07, 6.45) is 3.83.